The van der Waals surface area contributed by atoms with Crippen LogP contribution in [0.1, 0.15) is 35.1 Å². The van der Waals surface area contributed by atoms with Crippen LogP contribution < -0.4 is 9.64 Å². The summed E-state index contributed by atoms with van der Waals surface area (Å²) in [5.74, 6) is 0.138. The van der Waals surface area contributed by atoms with Gasteiger partial charge in [0.25, 0.3) is 0 Å². The van der Waals surface area contributed by atoms with Crippen molar-refractivity contribution in [1.29, 1.82) is 0 Å². The molecule has 1 N–H and O–H groups in total. The zero-order chi connectivity index (χ0) is 27.6. The first-order valence-electron chi connectivity index (χ1n) is 13.4. The van der Waals surface area contributed by atoms with Gasteiger partial charge >= 0.3 is 5.97 Å². The topological polar surface area (TPSA) is 100 Å². The highest BCUT2D eigenvalue weighted by Gasteiger charge is 2.27. The van der Waals surface area contributed by atoms with Gasteiger partial charge in [-0.3, -0.25) is 9.69 Å². The van der Waals surface area contributed by atoms with Crippen LogP contribution in [0.15, 0.2) is 41.8 Å². The maximum atomic E-state index is 11.7. The number of carbonyl (C=O) groups is 1. The molecule has 2 aliphatic rings. The Kier molecular flexibility index (Phi) is 8.25. The fourth-order valence-electron chi connectivity index (χ4n) is 5.20. The molecule has 0 bridgehead atoms. The second-order valence-electron chi connectivity index (χ2n) is 10.6. The summed E-state index contributed by atoms with van der Waals surface area (Å²) in [4.78, 5) is 20.7. The SMILES string of the molecule is Cc1ccc(OCc2ccc(CN3CCS(=O)(=O)CC3)cc2C)c(-c2csc(N3CCC[C@@H](C(=O)O)C3)n2)c1. The highest BCUT2D eigenvalue weighted by molar-refractivity contribution is 7.91. The Morgan fingerprint density at radius 2 is 1.92 bits per heavy atom. The van der Waals surface area contributed by atoms with Gasteiger partial charge in [-0.05, 0) is 55.5 Å². The zero-order valence-electron chi connectivity index (χ0n) is 22.4. The van der Waals surface area contributed by atoms with Gasteiger partial charge < -0.3 is 14.7 Å². The van der Waals surface area contributed by atoms with Gasteiger partial charge in [0.2, 0.25) is 0 Å². The third kappa shape index (κ3) is 6.80. The summed E-state index contributed by atoms with van der Waals surface area (Å²) in [6.45, 7) is 7.77. The number of sulfone groups is 1. The van der Waals surface area contributed by atoms with Crippen molar-refractivity contribution in [3.8, 4) is 17.0 Å². The van der Waals surface area contributed by atoms with Crippen molar-refractivity contribution in [2.24, 2.45) is 5.92 Å². The molecule has 3 heterocycles. The van der Waals surface area contributed by atoms with Gasteiger partial charge in [-0.15, -0.1) is 11.3 Å². The van der Waals surface area contributed by atoms with E-state index in [-0.39, 0.29) is 17.4 Å². The van der Waals surface area contributed by atoms with Crippen LogP contribution in [-0.2, 0) is 27.8 Å². The molecule has 208 valence electrons. The van der Waals surface area contributed by atoms with Gasteiger partial charge in [0.1, 0.15) is 12.4 Å². The lowest BCUT2D eigenvalue weighted by atomic mass is 9.99. The van der Waals surface area contributed by atoms with E-state index in [4.69, 9.17) is 9.72 Å². The molecule has 0 saturated carbocycles. The molecule has 2 aliphatic heterocycles. The zero-order valence-corrected chi connectivity index (χ0v) is 24.1. The molecule has 2 fully saturated rings. The lowest BCUT2D eigenvalue weighted by Crippen LogP contribution is -2.39. The molecular weight excluding hydrogens is 534 g/mol. The van der Waals surface area contributed by atoms with E-state index in [1.807, 2.05) is 24.4 Å². The highest BCUT2D eigenvalue weighted by Crippen LogP contribution is 2.36. The average Bonchev–Trinajstić information content (AvgIpc) is 3.40. The fourth-order valence-corrected chi connectivity index (χ4v) is 7.34. The predicted octanol–water partition coefficient (Wildman–Crippen LogP) is 4.54. The Balaban J connectivity index is 1.26. The first-order chi connectivity index (χ1) is 18.7. The van der Waals surface area contributed by atoms with Crippen LogP contribution in [-0.4, -0.2) is 67.1 Å². The number of hydrogen-bond acceptors (Lipinski definition) is 8. The summed E-state index contributed by atoms with van der Waals surface area (Å²) < 4.78 is 29.7. The molecule has 0 radical (unpaired) electrons. The Bertz CT molecular complexity index is 1440. The molecule has 0 aliphatic carbocycles. The Labute approximate surface area is 234 Å². The van der Waals surface area contributed by atoms with Crippen molar-refractivity contribution >= 4 is 32.3 Å². The number of benzene rings is 2. The standard InChI is InChI=1S/C29H35N3O5S2/c1-20-5-8-27(25(14-20)26-19-38-29(30-26)32-9-3-4-23(17-32)28(33)34)37-18-24-7-6-22(15-21(24)2)16-31-10-12-39(35,36)13-11-31/h5-8,14-15,19,23H,3-4,9-13,16-18H2,1-2H3,(H,33,34)/t23-/m1/s1. The van der Waals surface area contributed by atoms with Crippen LogP contribution in [0.3, 0.4) is 0 Å². The van der Waals surface area contributed by atoms with Crippen LogP contribution in [0, 0.1) is 19.8 Å². The van der Waals surface area contributed by atoms with E-state index in [1.54, 1.807) is 11.3 Å². The molecular formula is C29H35N3O5S2. The van der Waals surface area contributed by atoms with E-state index in [0.717, 1.165) is 58.3 Å². The van der Waals surface area contributed by atoms with Crippen molar-refractivity contribution in [3.63, 3.8) is 0 Å². The second kappa shape index (κ2) is 11.7. The molecule has 1 atom stereocenters. The molecule has 2 aromatic carbocycles. The lowest BCUT2D eigenvalue weighted by Gasteiger charge is -2.30. The van der Waals surface area contributed by atoms with Crippen molar-refractivity contribution in [1.82, 2.24) is 9.88 Å². The molecule has 2 saturated heterocycles. The molecule has 10 heteroatoms. The Hall–Kier alpha value is -2.95. The summed E-state index contributed by atoms with van der Waals surface area (Å²) in [7, 11) is -2.88. The molecule has 8 nitrogen and oxygen atoms in total. The minimum atomic E-state index is -2.88. The van der Waals surface area contributed by atoms with Crippen LogP contribution >= 0.6 is 11.3 Å². The number of hydrogen-bond donors (Lipinski definition) is 1. The largest absolute Gasteiger partial charge is 0.488 e. The van der Waals surface area contributed by atoms with E-state index in [2.05, 4.69) is 41.0 Å². The van der Waals surface area contributed by atoms with Crippen LogP contribution in [0.5, 0.6) is 5.75 Å². The molecule has 0 unspecified atom stereocenters. The third-order valence-corrected chi connectivity index (χ3v) is 10.1. The number of aromatic nitrogens is 1. The second-order valence-corrected chi connectivity index (χ2v) is 13.8. The minimum Gasteiger partial charge on any atom is -0.488 e. The minimum absolute atomic E-state index is 0.234. The first-order valence-corrected chi connectivity index (χ1v) is 16.1. The van der Waals surface area contributed by atoms with Gasteiger partial charge in [-0.25, -0.2) is 13.4 Å². The Morgan fingerprint density at radius 3 is 2.67 bits per heavy atom. The number of nitrogens with zero attached hydrogens (tertiary/aromatic N) is 3. The summed E-state index contributed by atoms with van der Waals surface area (Å²) in [6, 6.07) is 12.4. The van der Waals surface area contributed by atoms with Crippen molar-refractivity contribution < 1.29 is 23.1 Å². The number of aryl methyl sites for hydroxylation is 2. The van der Waals surface area contributed by atoms with Crippen molar-refractivity contribution in [2.75, 3.05) is 42.6 Å². The molecule has 39 heavy (non-hydrogen) atoms. The Morgan fingerprint density at radius 1 is 1.13 bits per heavy atom. The maximum absolute atomic E-state index is 11.7. The monoisotopic (exact) mass is 569 g/mol. The molecule has 0 spiro atoms. The van der Waals surface area contributed by atoms with Crippen LogP contribution in [0.25, 0.3) is 11.3 Å². The number of rotatable bonds is 8. The quantitative estimate of drug-likeness (QED) is 0.422. The smallest absolute Gasteiger partial charge is 0.308 e. The van der Waals surface area contributed by atoms with Crippen molar-refractivity contribution in [3.05, 3.63) is 64.0 Å². The van der Waals surface area contributed by atoms with Crippen LogP contribution in [0.2, 0.25) is 0 Å². The molecule has 5 rings (SSSR count). The number of thiazole rings is 1. The third-order valence-electron chi connectivity index (χ3n) is 7.58. The molecule has 3 aromatic rings. The van der Waals surface area contributed by atoms with Crippen molar-refractivity contribution in [2.45, 2.75) is 39.8 Å². The number of aliphatic carboxylic acids is 1. The van der Waals surface area contributed by atoms with Gasteiger partial charge in [0.15, 0.2) is 15.0 Å². The number of piperidine rings is 1. The number of ether oxygens (including phenoxy) is 1. The summed E-state index contributed by atoms with van der Waals surface area (Å²) >= 11 is 1.54. The van der Waals surface area contributed by atoms with E-state index in [0.29, 0.717) is 32.7 Å². The molecule has 0 amide bonds. The summed E-state index contributed by atoms with van der Waals surface area (Å²) in [5, 5.41) is 12.3. The van der Waals surface area contributed by atoms with Crippen LogP contribution in [0.4, 0.5) is 5.13 Å². The van der Waals surface area contributed by atoms with Gasteiger partial charge in [0, 0.05) is 43.7 Å². The molecule has 1 aromatic heterocycles. The summed E-state index contributed by atoms with van der Waals surface area (Å²) in [5.41, 5.74) is 6.28. The first kappa shape index (κ1) is 27.6. The number of carboxylic acids is 1. The van der Waals surface area contributed by atoms with Gasteiger partial charge in [0.05, 0.1) is 23.1 Å². The highest BCUT2D eigenvalue weighted by atomic mass is 32.2. The van der Waals surface area contributed by atoms with E-state index in [9.17, 15) is 18.3 Å². The lowest BCUT2D eigenvalue weighted by molar-refractivity contribution is -0.141. The number of carboxylic acid groups (broad SMARTS) is 1. The maximum Gasteiger partial charge on any atom is 0.308 e. The van der Waals surface area contributed by atoms with E-state index < -0.39 is 15.8 Å². The predicted molar refractivity (Wildman–Crippen MR) is 154 cm³/mol. The average molecular weight is 570 g/mol. The number of anilines is 1. The van der Waals surface area contributed by atoms with Gasteiger partial charge in [-0.2, -0.15) is 0 Å². The van der Waals surface area contributed by atoms with E-state index >= 15 is 0 Å². The van der Waals surface area contributed by atoms with Gasteiger partial charge in [-0.1, -0.05) is 29.8 Å². The van der Waals surface area contributed by atoms with E-state index in [1.165, 1.54) is 5.56 Å². The fraction of sp³-hybridized carbons (Fsp3) is 0.448. The summed E-state index contributed by atoms with van der Waals surface area (Å²) in [6.07, 6.45) is 1.56. The normalized spacial score (nSPS) is 19.6.